The van der Waals surface area contributed by atoms with E-state index in [9.17, 15) is 0 Å². The summed E-state index contributed by atoms with van der Waals surface area (Å²) in [7, 11) is 1.67. The van der Waals surface area contributed by atoms with Crippen LogP contribution >= 0.6 is 0 Å². The minimum absolute atomic E-state index is 0.125. The van der Waals surface area contributed by atoms with Gasteiger partial charge in [0.05, 0.1) is 7.11 Å². The van der Waals surface area contributed by atoms with Gasteiger partial charge >= 0.3 is 0 Å². The maximum Gasteiger partial charge on any atom is 0.170 e. The molecule has 0 bridgehead atoms. The van der Waals surface area contributed by atoms with Gasteiger partial charge in [-0.05, 0) is 44.4 Å². The second-order valence-corrected chi connectivity index (χ2v) is 5.67. The minimum Gasteiger partial charge on any atom is -0.496 e. The highest BCUT2D eigenvalue weighted by molar-refractivity contribution is 5.97. The fourth-order valence-electron chi connectivity index (χ4n) is 3.16. The molecule has 1 aromatic carbocycles. The zero-order chi connectivity index (χ0) is 15.4. The monoisotopic (exact) mass is 291 g/mol. The zero-order valence-electron chi connectivity index (χ0n) is 13.0. The summed E-state index contributed by atoms with van der Waals surface area (Å²) in [6.45, 7) is 5.34. The van der Waals surface area contributed by atoms with Crippen LogP contribution in [-0.2, 0) is 6.54 Å². The molecule has 1 heterocycles. The van der Waals surface area contributed by atoms with E-state index in [0.29, 0.717) is 17.6 Å². The lowest BCUT2D eigenvalue weighted by Gasteiger charge is -2.28. The maximum absolute atomic E-state index is 8.83. The normalized spacial score (nSPS) is 23.5. The van der Waals surface area contributed by atoms with Crippen LogP contribution in [-0.4, -0.2) is 35.1 Å². The molecule has 116 valence electrons. The van der Waals surface area contributed by atoms with E-state index < -0.39 is 0 Å². The number of hydrogen-bond donors (Lipinski definition) is 2. The number of ether oxygens (including phenoxy) is 1. The average molecular weight is 291 g/mol. The smallest absolute Gasteiger partial charge is 0.170 e. The average Bonchev–Trinajstić information content (AvgIpc) is 2.86. The van der Waals surface area contributed by atoms with Gasteiger partial charge in [0.1, 0.15) is 5.75 Å². The van der Waals surface area contributed by atoms with Crippen molar-refractivity contribution in [3.8, 4) is 5.75 Å². The topological polar surface area (TPSA) is 71.1 Å². The first kappa shape index (κ1) is 15.6. The molecule has 0 radical (unpaired) electrons. The number of nitrogens with zero attached hydrogens (tertiary/aromatic N) is 2. The fraction of sp³-hybridized carbons (Fsp3) is 0.562. The van der Waals surface area contributed by atoms with Crippen LogP contribution < -0.4 is 10.5 Å². The number of hydrogen-bond acceptors (Lipinski definition) is 4. The number of likely N-dealkylation sites (tertiary alicyclic amines) is 1. The lowest BCUT2D eigenvalue weighted by atomic mass is 10.1. The molecule has 1 aliphatic rings. The molecule has 0 saturated carbocycles. The van der Waals surface area contributed by atoms with Gasteiger partial charge in [0.2, 0.25) is 0 Å². The Labute approximate surface area is 126 Å². The number of rotatable bonds is 5. The van der Waals surface area contributed by atoms with Crippen LogP contribution in [0.1, 0.15) is 44.2 Å². The van der Waals surface area contributed by atoms with Gasteiger partial charge in [0.15, 0.2) is 5.84 Å². The van der Waals surface area contributed by atoms with E-state index in [1.165, 1.54) is 12.8 Å². The van der Waals surface area contributed by atoms with Gasteiger partial charge < -0.3 is 15.7 Å². The summed E-state index contributed by atoms with van der Waals surface area (Å²) in [4.78, 5) is 2.52. The quantitative estimate of drug-likeness (QED) is 0.378. The molecule has 5 nitrogen and oxygen atoms in total. The van der Waals surface area contributed by atoms with E-state index in [4.69, 9.17) is 15.7 Å². The lowest BCUT2D eigenvalue weighted by molar-refractivity contribution is 0.187. The molecular weight excluding hydrogens is 266 g/mol. The molecule has 2 atom stereocenters. The van der Waals surface area contributed by atoms with Gasteiger partial charge in [-0.25, -0.2) is 0 Å². The van der Waals surface area contributed by atoms with E-state index in [-0.39, 0.29) is 5.84 Å². The van der Waals surface area contributed by atoms with Gasteiger partial charge in [-0.3, -0.25) is 4.90 Å². The van der Waals surface area contributed by atoms with Gasteiger partial charge in [0.25, 0.3) is 0 Å². The molecule has 5 heteroatoms. The summed E-state index contributed by atoms with van der Waals surface area (Å²) < 4.78 is 5.46. The number of methoxy groups -OCH3 is 1. The number of amidine groups is 1. The molecule has 1 aromatic rings. The molecule has 1 fully saturated rings. The van der Waals surface area contributed by atoms with Crippen molar-refractivity contribution in [3.63, 3.8) is 0 Å². The predicted molar refractivity (Wildman–Crippen MR) is 83.8 cm³/mol. The highest BCUT2D eigenvalue weighted by Gasteiger charge is 2.29. The number of oxime groups is 1. The summed E-state index contributed by atoms with van der Waals surface area (Å²) in [5.41, 5.74) is 7.48. The van der Waals surface area contributed by atoms with Crippen LogP contribution in [0.5, 0.6) is 5.75 Å². The molecule has 0 aromatic heterocycles. The van der Waals surface area contributed by atoms with Crippen molar-refractivity contribution < 1.29 is 9.94 Å². The van der Waals surface area contributed by atoms with Crippen LogP contribution in [0, 0.1) is 0 Å². The summed E-state index contributed by atoms with van der Waals surface area (Å²) >= 11 is 0. The molecule has 1 aliphatic heterocycles. The molecule has 0 amide bonds. The van der Waals surface area contributed by atoms with Gasteiger partial charge in [-0.2, -0.15) is 0 Å². The Morgan fingerprint density at radius 3 is 2.86 bits per heavy atom. The second kappa shape index (κ2) is 6.80. The van der Waals surface area contributed by atoms with Gasteiger partial charge in [-0.15, -0.1) is 0 Å². The van der Waals surface area contributed by atoms with E-state index in [1.807, 2.05) is 18.2 Å². The number of nitrogens with two attached hydrogens (primary N) is 1. The first-order valence-corrected chi connectivity index (χ1v) is 7.51. The van der Waals surface area contributed by atoms with Crippen LogP contribution in [0.15, 0.2) is 23.4 Å². The van der Waals surface area contributed by atoms with E-state index in [2.05, 4.69) is 23.9 Å². The molecule has 1 saturated heterocycles. The minimum atomic E-state index is 0.125. The first-order chi connectivity index (χ1) is 10.1. The van der Waals surface area contributed by atoms with Crippen LogP contribution in [0.3, 0.4) is 0 Å². The highest BCUT2D eigenvalue weighted by atomic mass is 16.5. The molecule has 21 heavy (non-hydrogen) atoms. The van der Waals surface area contributed by atoms with Crippen molar-refractivity contribution in [2.24, 2.45) is 10.9 Å². The molecule has 3 N–H and O–H groups in total. The molecular formula is C16H25N3O2. The van der Waals surface area contributed by atoms with Crippen molar-refractivity contribution >= 4 is 5.84 Å². The number of benzene rings is 1. The second-order valence-electron chi connectivity index (χ2n) is 5.67. The summed E-state index contributed by atoms with van der Waals surface area (Å²) in [6, 6.07) is 6.84. The highest BCUT2D eigenvalue weighted by Crippen LogP contribution is 2.30. The van der Waals surface area contributed by atoms with Crippen LogP contribution in [0.4, 0.5) is 0 Å². The van der Waals surface area contributed by atoms with Crippen molar-refractivity contribution in [1.82, 2.24) is 4.90 Å². The summed E-state index contributed by atoms with van der Waals surface area (Å²) in [5.74, 6) is 0.971. The first-order valence-electron chi connectivity index (χ1n) is 7.51. The largest absolute Gasteiger partial charge is 0.496 e. The molecule has 0 aliphatic carbocycles. The standard InChI is InChI=1S/C16H25N3O2/c1-4-14-7-5-11(2)19(14)10-13-9-12(16(17)18-20)6-8-15(13)21-3/h6,8-9,11,14,20H,4-5,7,10H2,1-3H3,(H2,17,18). The Morgan fingerprint density at radius 2 is 2.24 bits per heavy atom. The van der Waals surface area contributed by atoms with E-state index in [0.717, 1.165) is 24.3 Å². The van der Waals surface area contributed by atoms with Gasteiger partial charge in [0, 0.05) is 29.8 Å². The van der Waals surface area contributed by atoms with E-state index >= 15 is 0 Å². The fourth-order valence-corrected chi connectivity index (χ4v) is 3.16. The summed E-state index contributed by atoms with van der Waals surface area (Å²) in [6.07, 6.45) is 3.65. The lowest BCUT2D eigenvalue weighted by Crippen LogP contribution is -2.33. The third-order valence-corrected chi connectivity index (χ3v) is 4.46. The Bertz CT molecular complexity index is 516. The van der Waals surface area contributed by atoms with Crippen molar-refractivity contribution in [1.29, 1.82) is 0 Å². The van der Waals surface area contributed by atoms with E-state index in [1.54, 1.807) is 7.11 Å². The summed E-state index contributed by atoms with van der Waals surface area (Å²) in [5, 5.41) is 11.9. The Hall–Kier alpha value is -1.75. The molecule has 0 spiro atoms. The zero-order valence-corrected chi connectivity index (χ0v) is 13.0. The van der Waals surface area contributed by atoms with Crippen LogP contribution in [0.25, 0.3) is 0 Å². The maximum atomic E-state index is 8.83. The van der Waals surface area contributed by atoms with Crippen molar-refractivity contribution in [3.05, 3.63) is 29.3 Å². The Balaban J connectivity index is 2.29. The Kier molecular flexibility index (Phi) is 5.07. The van der Waals surface area contributed by atoms with Gasteiger partial charge in [-0.1, -0.05) is 12.1 Å². The molecule has 2 unspecified atom stereocenters. The SMILES string of the molecule is CCC1CCC(C)N1Cc1cc(/C(N)=N/O)ccc1OC. The Morgan fingerprint density at radius 1 is 1.48 bits per heavy atom. The third-order valence-electron chi connectivity index (χ3n) is 4.46. The van der Waals surface area contributed by atoms with Crippen LogP contribution in [0.2, 0.25) is 0 Å². The van der Waals surface area contributed by atoms with Crippen molar-refractivity contribution in [2.45, 2.75) is 51.7 Å². The van der Waals surface area contributed by atoms with Crippen molar-refractivity contribution in [2.75, 3.05) is 7.11 Å². The predicted octanol–water partition coefficient (Wildman–Crippen LogP) is 2.55. The molecule has 2 rings (SSSR count). The third kappa shape index (κ3) is 3.29.